The molecule has 1 saturated heterocycles. The van der Waals surface area contributed by atoms with Crippen LogP contribution in [0.4, 0.5) is 0 Å². The standard InChI is InChI=1S/C14H30N2S/c1-12(2)16-9-5-6-14(7-10-16)15-13(3)8-11-17-4/h12-15H,5-11H2,1-4H3. The molecule has 0 saturated carbocycles. The van der Waals surface area contributed by atoms with E-state index in [1.807, 2.05) is 11.8 Å². The third-order valence-electron chi connectivity index (χ3n) is 3.77. The van der Waals surface area contributed by atoms with Crippen LogP contribution in [-0.4, -0.2) is 48.1 Å². The van der Waals surface area contributed by atoms with Gasteiger partial charge >= 0.3 is 0 Å². The van der Waals surface area contributed by atoms with E-state index < -0.39 is 0 Å². The van der Waals surface area contributed by atoms with E-state index in [9.17, 15) is 0 Å². The Labute approximate surface area is 112 Å². The molecule has 1 fully saturated rings. The summed E-state index contributed by atoms with van der Waals surface area (Å²) in [6.45, 7) is 9.52. The van der Waals surface area contributed by atoms with Crippen LogP contribution in [0.25, 0.3) is 0 Å². The van der Waals surface area contributed by atoms with E-state index in [-0.39, 0.29) is 0 Å². The minimum atomic E-state index is 0.679. The molecule has 2 atom stereocenters. The van der Waals surface area contributed by atoms with Crippen molar-refractivity contribution in [2.24, 2.45) is 0 Å². The maximum Gasteiger partial charge on any atom is 0.00821 e. The molecule has 1 N–H and O–H groups in total. The Kier molecular flexibility index (Phi) is 7.56. The summed E-state index contributed by atoms with van der Waals surface area (Å²) in [5, 5.41) is 3.81. The molecule has 0 bridgehead atoms. The Bertz CT molecular complexity index is 197. The fourth-order valence-electron chi connectivity index (χ4n) is 2.58. The van der Waals surface area contributed by atoms with Crippen LogP contribution in [0, 0.1) is 0 Å². The first-order chi connectivity index (χ1) is 8.13. The lowest BCUT2D eigenvalue weighted by Crippen LogP contribution is -2.38. The number of nitrogens with zero attached hydrogens (tertiary/aromatic N) is 1. The Balaban J connectivity index is 2.26. The van der Waals surface area contributed by atoms with Gasteiger partial charge in [-0.1, -0.05) is 0 Å². The van der Waals surface area contributed by atoms with Crippen molar-refractivity contribution >= 4 is 11.8 Å². The first kappa shape index (κ1) is 15.3. The molecule has 0 spiro atoms. The molecule has 17 heavy (non-hydrogen) atoms. The first-order valence-corrected chi connectivity index (χ1v) is 8.52. The second-order valence-electron chi connectivity index (χ2n) is 5.61. The molecule has 0 aromatic heterocycles. The maximum atomic E-state index is 3.81. The normalized spacial score (nSPS) is 24.9. The van der Waals surface area contributed by atoms with Crippen molar-refractivity contribution in [3.8, 4) is 0 Å². The zero-order valence-corrected chi connectivity index (χ0v) is 12.9. The van der Waals surface area contributed by atoms with Crippen LogP contribution in [-0.2, 0) is 0 Å². The van der Waals surface area contributed by atoms with Gasteiger partial charge in [-0.15, -0.1) is 0 Å². The monoisotopic (exact) mass is 258 g/mol. The number of nitrogens with one attached hydrogen (secondary N) is 1. The summed E-state index contributed by atoms with van der Waals surface area (Å²) in [6, 6.07) is 2.14. The summed E-state index contributed by atoms with van der Waals surface area (Å²) in [6.07, 6.45) is 7.52. The van der Waals surface area contributed by atoms with Crippen molar-refractivity contribution in [2.75, 3.05) is 25.1 Å². The molecule has 0 aromatic carbocycles. The highest BCUT2D eigenvalue weighted by molar-refractivity contribution is 7.98. The Morgan fingerprint density at radius 2 is 2.00 bits per heavy atom. The van der Waals surface area contributed by atoms with E-state index in [4.69, 9.17) is 0 Å². The molecule has 0 aliphatic carbocycles. The lowest BCUT2D eigenvalue weighted by Gasteiger charge is -2.25. The average molecular weight is 258 g/mol. The van der Waals surface area contributed by atoms with Gasteiger partial charge in [-0.05, 0) is 71.6 Å². The van der Waals surface area contributed by atoms with Crippen molar-refractivity contribution in [2.45, 2.75) is 64.6 Å². The number of hydrogen-bond acceptors (Lipinski definition) is 3. The Morgan fingerprint density at radius 1 is 1.24 bits per heavy atom. The van der Waals surface area contributed by atoms with Crippen molar-refractivity contribution in [3.05, 3.63) is 0 Å². The molecule has 2 unspecified atom stereocenters. The highest BCUT2D eigenvalue weighted by Crippen LogP contribution is 2.14. The largest absolute Gasteiger partial charge is 0.311 e. The third kappa shape index (κ3) is 6.12. The molecule has 1 rings (SSSR count). The predicted octanol–water partition coefficient (Wildman–Crippen LogP) is 2.98. The molecule has 3 heteroatoms. The van der Waals surface area contributed by atoms with E-state index in [0.29, 0.717) is 12.1 Å². The molecule has 2 nitrogen and oxygen atoms in total. The van der Waals surface area contributed by atoms with Gasteiger partial charge in [0.25, 0.3) is 0 Å². The van der Waals surface area contributed by atoms with Gasteiger partial charge in [-0.3, -0.25) is 0 Å². The molecule has 1 aliphatic rings. The minimum Gasteiger partial charge on any atom is -0.311 e. The van der Waals surface area contributed by atoms with E-state index in [1.165, 1.54) is 44.5 Å². The lowest BCUT2D eigenvalue weighted by molar-refractivity contribution is 0.228. The zero-order chi connectivity index (χ0) is 12.7. The van der Waals surface area contributed by atoms with Crippen LogP contribution < -0.4 is 5.32 Å². The smallest absolute Gasteiger partial charge is 0.00821 e. The van der Waals surface area contributed by atoms with Gasteiger partial charge in [-0.25, -0.2) is 0 Å². The molecule has 0 aromatic rings. The fourth-order valence-corrected chi connectivity index (χ4v) is 3.17. The topological polar surface area (TPSA) is 15.3 Å². The van der Waals surface area contributed by atoms with Crippen molar-refractivity contribution in [1.29, 1.82) is 0 Å². The van der Waals surface area contributed by atoms with Crippen LogP contribution in [0.3, 0.4) is 0 Å². The summed E-state index contributed by atoms with van der Waals surface area (Å²) >= 11 is 1.95. The summed E-state index contributed by atoms with van der Waals surface area (Å²) in [7, 11) is 0. The van der Waals surface area contributed by atoms with Crippen LogP contribution in [0.15, 0.2) is 0 Å². The molecule has 1 aliphatic heterocycles. The lowest BCUT2D eigenvalue weighted by atomic mass is 10.1. The first-order valence-electron chi connectivity index (χ1n) is 7.12. The second-order valence-corrected chi connectivity index (χ2v) is 6.59. The average Bonchev–Trinajstić information content (AvgIpc) is 2.52. The second kappa shape index (κ2) is 8.39. The molecule has 0 amide bonds. The van der Waals surface area contributed by atoms with Crippen LogP contribution >= 0.6 is 11.8 Å². The molecule has 1 heterocycles. The quantitative estimate of drug-likeness (QED) is 0.788. The van der Waals surface area contributed by atoms with E-state index in [0.717, 1.165) is 6.04 Å². The van der Waals surface area contributed by atoms with Crippen LogP contribution in [0.2, 0.25) is 0 Å². The van der Waals surface area contributed by atoms with Gasteiger partial charge in [0, 0.05) is 18.1 Å². The third-order valence-corrected chi connectivity index (χ3v) is 4.41. The van der Waals surface area contributed by atoms with Crippen molar-refractivity contribution in [1.82, 2.24) is 10.2 Å². The number of rotatable bonds is 6. The summed E-state index contributed by atoms with van der Waals surface area (Å²) in [4.78, 5) is 2.62. The van der Waals surface area contributed by atoms with Crippen LogP contribution in [0.5, 0.6) is 0 Å². The highest BCUT2D eigenvalue weighted by Gasteiger charge is 2.19. The minimum absolute atomic E-state index is 0.679. The number of hydrogen-bond donors (Lipinski definition) is 1. The van der Waals surface area contributed by atoms with Gasteiger partial charge in [0.2, 0.25) is 0 Å². The van der Waals surface area contributed by atoms with Crippen molar-refractivity contribution in [3.63, 3.8) is 0 Å². The van der Waals surface area contributed by atoms with Crippen molar-refractivity contribution < 1.29 is 0 Å². The molecule has 102 valence electrons. The fraction of sp³-hybridized carbons (Fsp3) is 1.00. The number of thioether (sulfide) groups is 1. The van der Waals surface area contributed by atoms with E-state index in [2.05, 4.69) is 37.2 Å². The molecular weight excluding hydrogens is 228 g/mol. The summed E-state index contributed by atoms with van der Waals surface area (Å²) in [5.74, 6) is 1.28. The Hall–Kier alpha value is 0.270. The zero-order valence-electron chi connectivity index (χ0n) is 12.0. The van der Waals surface area contributed by atoms with Gasteiger partial charge < -0.3 is 10.2 Å². The summed E-state index contributed by atoms with van der Waals surface area (Å²) < 4.78 is 0. The van der Waals surface area contributed by atoms with Gasteiger partial charge in [0.05, 0.1) is 0 Å². The predicted molar refractivity (Wildman–Crippen MR) is 79.9 cm³/mol. The van der Waals surface area contributed by atoms with E-state index in [1.54, 1.807) is 0 Å². The molecule has 0 radical (unpaired) electrons. The molecular formula is C14H30N2S. The van der Waals surface area contributed by atoms with Crippen LogP contribution in [0.1, 0.15) is 46.5 Å². The van der Waals surface area contributed by atoms with Gasteiger partial charge in [-0.2, -0.15) is 11.8 Å². The van der Waals surface area contributed by atoms with Gasteiger partial charge in [0.15, 0.2) is 0 Å². The highest BCUT2D eigenvalue weighted by atomic mass is 32.2. The maximum absolute atomic E-state index is 3.81. The summed E-state index contributed by atoms with van der Waals surface area (Å²) in [5.41, 5.74) is 0. The number of likely N-dealkylation sites (tertiary alicyclic amines) is 1. The van der Waals surface area contributed by atoms with Gasteiger partial charge in [0.1, 0.15) is 0 Å². The SMILES string of the molecule is CSCCC(C)NC1CCCN(C(C)C)CC1. The Morgan fingerprint density at radius 3 is 2.65 bits per heavy atom. The van der Waals surface area contributed by atoms with E-state index >= 15 is 0 Å².